The molecule has 2 heterocycles. The van der Waals surface area contributed by atoms with Crippen LogP contribution in [0.1, 0.15) is 75.0 Å². The average molecular weight is 666 g/mol. The van der Waals surface area contributed by atoms with Crippen LogP contribution >= 0.6 is 7.60 Å². The van der Waals surface area contributed by atoms with E-state index < -0.39 is 43.8 Å². The highest BCUT2D eigenvalue weighted by atomic mass is 31.2. The van der Waals surface area contributed by atoms with Crippen molar-refractivity contribution in [3.63, 3.8) is 0 Å². The second-order valence-corrected chi connectivity index (χ2v) is 12.1. The third-order valence-corrected chi connectivity index (χ3v) is 8.54. The Hall–Kier alpha value is -4.17. The SMILES string of the molecule is CCCCCC(C(=O)NCNC(=O)c1ccc(-c2cc(OCC)cc(P(=O)(O)OCc3oc(=O)oc3C)c2)o1)C(CC)N(O)C=O. The Kier molecular flexibility index (Phi) is 13.4. The van der Waals surface area contributed by atoms with Crippen LogP contribution in [0, 0.1) is 12.8 Å². The molecule has 0 saturated carbocycles. The second kappa shape index (κ2) is 16.9. The van der Waals surface area contributed by atoms with Gasteiger partial charge in [-0.1, -0.05) is 33.1 Å². The summed E-state index contributed by atoms with van der Waals surface area (Å²) in [5.74, 6) is -2.33. The first-order chi connectivity index (χ1) is 21.9. The van der Waals surface area contributed by atoms with Gasteiger partial charge >= 0.3 is 13.4 Å². The number of nitrogens with zero attached hydrogens (tertiary/aromatic N) is 1. The van der Waals surface area contributed by atoms with E-state index in [1.54, 1.807) is 19.9 Å². The van der Waals surface area contributed by atoms with Gasteiger partial charge in [0, 0.05) is 5.56 Å². The van der Waals surface area contributed by atoms with Crippen LogP contribution in [-0.4, -0.2) is 52.7 Å². The van der Waals surface area contributed by atoms with Gasteiger partial charge in [-0.2, -0.15) is 0 Å². The van der Waals surface area contributed by atoms with Crippen LogP contribution in [0.15, 0.2) is 48.4 Å². The number of hydrogen-bond donors (Lipinski definition) is 4. The summed E-state index contributed by atoms with van der Waals surface area (Å²) in [4.78, 5) is 59.0. The van der Waals surface area contributed by atoms with Crippen LogP contribution in [0.5, 0.6) is 5.75 Å². The molecule has 3 unspecified atom stereocenters. The summed E-state index contributed by atoms with van der Waals surface area (Å²) in [6.07, 6.45) is 3.62. The molecule has 0 aliphatic rings. The molecule has 0 bridgehead atoms. The third kappa shape index (κ3) is 9.66. The number of carbonyl (C=O) groups is 3. The molecular formula is C30H40N3O12P. The second-order valence-electron chi connectivity index (χ2n) is 10.3. The van der Waals surface area contributed by atoms with Crippen molar-refractivity contribution >= 4 is 31.1 Å². The van der Waals surface area contributed by atoms with Crippen molar-refractivity contribution in [3.8, 4) is 17.1 Å². The van der Waals surface area contributed by atoms with E-state index >= 15 is 0 Å². The van der Waals surface area contributed by atoms with Gasteiger partial charge in [-0.3, -0.25) is 28.7 Å². The number of hydroxylamine groups is 2. The quantitative estimate of drug-likeness (QED) is 0.0359. The van der Waals surface area contributed by atoms with E-state index in [1.165, 1.54) is 31.2 Å². The zero-order valence-electron chi connectivity index (χ0n) is 26.1. The Morgan fingerprint density at radius 1 is 1.09 bits per heavy atom. The Morgan fingerprint density at radius 2 is 1.85 bits per heavy atom. The molecule has 0 radical (unpaired) electrons. The number of rotatable bonds is 19. The van der Waals surface area contributed by atoms with E-state index in [0.717, 1.165) is 19.3 Å². The van der Waals surface area contributed by atoms with Crippen LogP contribution in [0.2, 0.25) is 0 Å². The van der Waals surface area contributed by atoms with Crippen molar-refractivity contribution in [1.82, 2.24) is 15.7 Å². The maximum absolute atomic E-state index is 13.1. The maximum atomic E-state index is 13.1. The van der Waals surface area contributed by atoms with E-state index in [9.17, 15) is 33.8 Å². The van der Waals surface area contributed by atoms with Gasteiger partial charge in [0.25, 0.3) is 5.91 Å². The lowest BCUT2D eigenvalue weighted by Gasteiger charge is -2.29. The molecule has 1 aromatic carbocycles. The Balaban J connectivity index is 1.71. The summed E-state index contributed by atoms with van der Waals surface area (Å²) in [7, 11) is -4.47. The van der Waals surface area contributed by atoms with Gasteiger partial charge in [-0.25, -0.2) is 9.86 Å². The minimum Gasteiger partial charge on any atom is -0.494 e. The van der Waals surface area contributed by atoms with E-state index in [-0.39, 0.29) is 53.8 Å². The lowest BCUT2D eigenvalue weighted by Crippen LogP contribution is -2.47. The topological polar surface area (TPSA) is 211 Å². The van der Waals surface area contributed by atoms with Gasteiger partial charge in [-0.05, 0) is 57.0 Å². The van der Waals surface area contributed by atoms with Crippen molar-refractivity contribution < 1.29 is 51.6 Å². The van der Waals surface area contributed by atoms with Crippen LogP contribution < -0.4 is 26.5 Å². The summed E-state index contributed by atoms with van der Waals surface area (Å²) in [5, 5.41) is 15.5. The number of hydrogen-bond acceptors (Lipinski definition) is 11. The fourth-order valence-electron chi connectivity index (χ4n) is 4.76. The monoisotopic (exact) mass is 665 g/mol. The third-order valence-electron chi connectivity index (χ3n) is 7.15. The fourth-order valence-corrected chi connectivity index (χ4v) is 5.79. The van der Waals surface area contributed by atoms with E-state index in [4.69, 9.17) is 22.5 Å². The first-order valence-corrected chi connectivity index (χ1v) is 16.5. The van der Waals surface area contributed by atoms with Gasteiger partial charge in [0.05, 0.1) is 30.5 Å². The number of furan rings is 1. The highest BCUT2D eigenvalue weighted by Crippen LogP contribution is 2.44. The summed E-state index contributed by atoms with van der Waals surface area (Å²) < 4.78 is 39.2. The maximum Gasteiger partial charge on any atom is 0.519 e. The largest absolute Gasteiger partial charge is 0.519 e. The molecule has 15 nitrogen and oxygen atoms in total. The molecule has 2 aromatic heterocycles. The summed E-state index contributed by atoms with van der Waals surface area (Å²) >= 11 is 0. The Morgan fingerprint density at radius 3 is 2.48 bits per heavy atom. The number of amides is 3. The van der Waals surface area contributed by atoms with Gasteiger partial charge in [0.1, 0.15) is 23.9 Å². The number of ether oxygens (including phenoxy) is 1. The molecule has 0 saturated heterocycles. The molecule has 3 rings (SSSR count). The zero-order valence-corrected chi connectivity index (χ0v) is 27.0. The van der Waals surface area contributed by atoms with Crippen LogP contribution in [-0.2, 0) is 25.3 Å². The summed E-state index contributed by atoms with van der Waals surface area (Å²) in [6, 6.07) is 6.39. The van der Waals surface area contributed by atoms with Crippen LogP contribution in [0.3, 0.4) is 0 Å². The molecule has 0 aliphatic heterocycles. The molecule has 3 aromatic rings. The molecular weight excluding hydrogens is 625 g/mol. The summed E-state index contributed by atoms with van der Waals surface area (Å²) in [6.45, 7) is 6.47. The van der Waals surface area contributed by atoms with Crippen molar-refractivity contribution in [3.05, 3.63) is 58.2 Å². The smallest absolute Gasteiger partial charge is 0.494 e. The number of carbonyl (C=O) groups excluding carboxylic acids is 3. The van der Waals surface area contributed by atoms with E-state index in [2.05, 4.69) is 10.6 Å². The van der Waals surface area contributed by atoms with E-state index in [0.29, 0.717) is 23.5 Å². The Bertz CT molecular complexity index is 1580. The molecule has 16 heteroatoms. The van der Waals surface area contributed by atoms with Crippen molar-refractivity contribution in [2.45, 2.75) is 72.4 Å². The zero-order chi connectivity index (χ0) is 33.9. The van der Waals surface area contributed by atoms with E-state index in [1.807, 2.05) is 6.92 Å². The lowest BCUT2D eigenvalue weighted by atomic mass is 9.90. The molecule has 0 fully saturated rings. The number of benzene rings is 1. The number of unbranched alkanes of at least 4 members (excludes halogenated alkanes) is 2. The first-order valence-electron chi connectivity index (χ1n) is 14.9. The normalized spacial score (nSPS) is 13.8. The molecule has 3 atom stereocenters. The van der Waals surface area contributed by atoms with Gasteiger partial charge < -0.3 is 33.5 Å². The number of aryl methyl sites for hydroxylation is 1. The molecule has 0 spiro atoms. The Labute approximate surface area is 265 Å². The first kappa shape index (κ1) is 36.3. The van der Waals surface area contributed by atoms with Gasteiger partial charge in [-0.15, -0.1) is 0 Å². The van der Waals surface area contributed by atoms with Gasteiger partial charge in [0.2, 0.25) is 12.3 Å². The fraction of sp³-hybridized carbons (Fsp3) is 0.467. The lowest BCUT2D eigenvalue weighted by molar-refractivity contribution is -0.168. The molecule has 46 heavy (non-hydrogen) atoms. The van der Waals surface area contributed by atoms with Crippen LogP contribution in [0.4, 0.5) is 0 Å². The van der Waals surface area contributed by atoms with Crippen molar-refractivity contribution in [2.24, 2.45) is 5.92 Å². The minimum absolute atomic E-state index is 0.0353. The number of nitrogens with one attached hydrogen (secondary N) is 2. The highest BCUT2D eigenvalue weighted by molar-refractivity contribution is 7.61. The summed E-state index contributed by atoms with van der Waals surface area (Å²) in [5.41, 5.74) is 0.307. The molecule has 3 amide bonds. The predicted octanol–water partition coefficient (Wildman–Crippen LogP) is 3.85. The molecule has 0 aliphatic carbocycles. The van der Waals surface area contributed by atoms with Gasteiger partial charge in [0.15, 0.2) is 11.5 Å². The van der Waals surface area contributed by atoms with Crippen molar-refractivity contribution in [1.29, 1.82) is 0 Å². The van der Waals surface area contributed by atoms with Crippen molar-refractivity contribution in [2.75, 3.05) is 13.3 Å². The minimum atomic E-state index is -4.47. The highest BCUT2D eigenvalue weighted by Gasteiger charge is 2.31. The molecule has 4 N–H and O–H groups in total. The average Bonchev–Trinajstić information content (AvgIpc) is 3.65. The standard InChI is InChI=1S/C30H40N3O12P/c1-5-8-9-10-23(24(6-2)33(38)18-34)28(35)31-17-32-29(36)26-12-11-25(44-26)20-13-21(41-7-3)15-22(14-20)46(39,40)42-16-27-19(4)43-30(37)45-27/h11-15,18,23-24,38H,5-10,16-17H2,1-4H3,(H,31,35)(H,32,36)(H,39,40). The predicted molar refractivity (Wildman–Crippen MR) is 163 cm³/mol. The van der Waals surface area contributed by atoms with Crippen LogP contribution in [0.25, 0.3) is 11.3 Å². The molecule has 252 valence electrons.